The van der Waals surface area contributed by atoms with Crippen molar-refractivity contribution < 1.29 is 4.79 Å². The smallest absolute Gasteiger partial charge is 0.238 e. The number of aryl methyl sites for hydroxylation is 2. The van der Waals surface area contributed by atoms with Gasteiger partial charge in [0.15, 0.2) is 0 Å². The minimum absolute atomic E-state index is 0. The Morgan fingerprint density at radius 3 is 2.50 bits per heavy atom. The van der Waals surface area contributed by atoms with E-state index in [1.165, 1.54) is 0 Å². The average molecular weight is 400 g/mol. The highest BCUT2D eigenvalue weighted by atomic mass is 35.5. The molecule has 2 heterocycles. The second-order valence-corrected chi connectivity index (χ2v) is 6.14. The highest BCUT2D eigenvalue weighted by Crippen LogP contribution is 2.15. The monoisotopic (exact) mass is 399 g/mol. The number of halogens is 2. The molecule has 0 bridgehead atoms. The lowest BCUT2D eigenvalue weighted by atomic mass is 10.2. The fraction of sp³-hybridized carbons (Fsp3) is 0.444. The molecule has 1 aliphatic rings. The fourth-order valence-electron chi connectivity index (χ4n) is 3.04. The van der Waals surface area contributed by atoms with Crippen molar-refractivity contribution >= 4 is 42.4 Å². The van der Waals surface area contributed by atoms with E-state index in [9.17, 15) is 4.79 Å². The van der Waals surface area contributed by atoms with E-state index < -0.39 is 0 Å². The maximum absolute atomic E-state index is 12.3. The molecule has 1 aromatic carbocycles. The van der Waals surface area contributed by atoms with E-state index in [0.717, 1.165) is 49.9 Å². The Bertz CT molecular complexity index is 698. The average Bonchev–Trinajstić information content (AvgIpc) is 3.06. The van der Waals surface area contributed by atoms with Gasteiger partial charge in [0.05, 0.1) is 6.54 Å². The molecule has 26 heavy (non-hydrogen) atoms. The molecule has 0 unspecified atom stereocenters. The van der Waals surface area contributed by atoms with Crippen LogP contribution in [0.1, 0.15) is 12.5 Å². The number of imidazole rings is 1. The quantitative estimate of drug-likeness (QED) is 0.839. The van der Waals surface area contributed by atoms with Gasteiger partial charge in [-0.2, -0.15) is 0 Å². The van der Waals surface area contributed by atoms with Crippen molar-refractivity contribution in [3.8, 4) is 0 Å². The molecular formula is C18H27Cl2N5O. The summed E-state index contributed by atoms with van der Waals surface area (Å²) in [6, 6.07) is 7.86. The number of aromatic nitrogens is 2. The number of amides is 1. The standard InChI is InChI=1S/C18H25N5O.2ClH/c1-3-22-9-8-19-18(22)23-12-10-21(11-13-23)14-17(24)20-16-7-5-4-6-15(16)2;;/h4-9H,3,10-14H2,1-2H3,(H,20,24);2*1H. The Morgan fingerprint density at radius 1 is 1.15 bits per heavy atom. The van der Waals surface area contributed by atoms with E-state index in [-0.39, 0.29) is 30.7 Å². The summed E-state index contributed by atoms with van der Waals surface area (Å²) < 4.78 is 2.15. The summed E-state index contributed by atoms with van der Waals surface area (Å²) in [5, 5.41) is 3.00. The number of piperazine rings is 1. The molecule has 1 fully saturated rings. The molecule has 8 heteroatoms. The van der Waals surface area contributed by atoms with E-state index in [4.69, 9.17) is 0 Å². The van der Waals surface area contributed by atoms with Crippen molar-refractivity contribution in [3.63, 3.8) is 0 Å². The normalized spacial score (nSPS) is 14.3. The van der Waals surface area contributed by atoms with Crippen LogP contribution in [0.4, 0.5) is 11.6 Å². The van der Waals surface area contributed by atoms with Gasteiger partial charge in [0, 0.05) is 50.8 Å². The van der Waals surface area contributed by atoms with E-state index in [1.54, 1.807) is 0 Å². The lowest BCUT2D eigenvalue weighted by Crippen LogP contribution is -2.49. The lowest BCUT2D eigenvalue weighted by Gasteiger charge is -2.35. The highest BCUT2D eigenvalue weighted by molar-refractivity contribution is 5.92. The zero-order valence-electron chi connectivity index (χ0n) is 15.2. The van der Waals surface area contributed by atoms with Crippen LogP contribution in [-0.4, -0.2) is 53.1 Å². The number of benzene rings is 1. The number of carbonyl (C=O) groups is 1. The van der Waals surface area contributed by atoms with Gasteiger partial charge in [-0.1, -0.05) is 18.2 Å². The predicted octanol–water partition coefficient (Wildman–Crippen LogP) is 2.82. The maximum Gasteiger partial charge on any atom is 0.238 e. The van der Waals surface area contributed by atoms with Gasteiger partial charge in [-0.3, -0.25) is 9.69 Å². The molecule has 0 spiro atoms. The molecule has 1 aliphatic heterocycles. The summed E-state index contributed by atoms with van der Waals surface area (Å²) in [5.41, 5.74) is 1.98. The second kappa shape index (κ2) is 10.4. The van der Waals surface area contributed by atoms with Gasteiger partial charge in [-0.25, -0.2) is 4.98 Å². The summed E-state index contributed by atoms with van der Waals surface area (Å²) >= 11 is 0. The van der Waals surface area contributed by atoms with Crippen LogP contribution < -0.4 is 10.2 Å². The molecule has 3 rings (SSSR count). The fourth-order valence-corrected chi connectivity index (χ4v) is 3.04. The van der Waals surface area contributed by atoms with Crippen LogP contribution in [0.2, 0.25) is 0 Å². The Labute approximate surface area is 167 Å². The Balaban J connectivity index is 0.00000169. The van der Waals surface area contributed by atoms with Crippen LogP contribution in [-0.2, 0) is 11.3 Å². The molecule has 2 aromatic rings. The third-order valence-electron chi connectivity index (χ3n) is 4.48. The predicted molar refractivity (Wildman–Crippen MR) is 111 cm³/mol. The molecule has 6 nitrogen and oxygen atoms in total. The minimum Gasteiger partial charge on any atom is -0.340 e. The van der Waals surface area contributed by atoms with Crippen molar-refractivity contribution in [1.29, 1.82) is 0 Å². The zero-order chi connectivity index (χ0) is 16.9. The van der Waals surface area contributed by atoms with Crippen LogP contribution >= 0.6 is 24.8 Å². The first kappa shape index (κ1) is 22.3. The molecule has 0 radical (unpaired) electrons. The summed E-state index contributed by atoms with van der Waals surface area (Å²) in [7, 11) is 0. The Kier molecular flexibility index (Phi) is 8.92. The van der Waals surface area contributed by atoms with Gasteiger partial charge in [-0.05, 0) is 25.5 Å². The van der Waals surface area contributed by atoms with Crippen molar-refractivity contribution in [3.05, 3.63) is 42.2 Å². The Morgan fingerprint density at radius 2 is 1.85 bits per heavy atom. The van der Waals surface area contributed by atoms with Crippen molar-refractivity contribution in [1.82, 2.24) is 14.5 Å². The third kappa shape index (κ3) is 5.37. The van der Waals surface area contributed by atoms with Crippen LogP contribution in [0.15, 0.2) is 36.7 Å². The van der Waals surface area contributed by atoms with E-state index in [0.29, 0.717) is 6.54 Å². The number of rotatable bonds is 5. The van der Waals surface area contributed by atoms with Crippen LogP contribution in [0.5, 0.6) is 0 Å². The SMILES string of the molecule is CCn1ccnc1N1CCN(CC(=O)Nc2ccccc2C)CC1.Cl.Cl. The summed E-state index contributed by atoms with van der Waals surface area (Å²) in [4.78, 5) is 21.2. The molecular weight excluding hydrogens is 373 g/mol. The number of para-hydroxylation sites is 1. The molecule has 1 amide bonds. The van der Waals surface area contributed by atoms with Crippen LogP contribution in [0, 0.1) is 6.92 Å². The van der Waals surface area contributed by atoms with Crippen molar-refractivity contribution in [2.45, 2.75) is 20.4 Å². The van der Waals surface area contributed by atoms with Gasteiger partial charge in [-0.15, -0.1) is 24.8 Å². The van der Waals surface area contributed by atoms with Gasteiger partial charge in [0.1, 0.15) is 0 Å². The third-order valence-corrected chi connectivity index (χ3v) is 4.48. The van der Waals surface area contributed by atoms with Gasteiger partial charge < -0.3 is 14.8 Å². The van der Waals surface area contributed by atoms with E-state index >= 15 is 0 Å². The van der Waals surface area contributed by atoms with Crippen LogP contribution in [0.3, 0.4) is 0 Å². The molecule has 0 atom stereocenters. The number of hydrogen-bond donors (Lipinski definition) is 1. The lowest BCUT2D eigenvalue weighted by molar-refractivity contribution is -0.117. The topological polar surface area (TPSA) is 53.4 Å². The summed E-state index contributed by atoms with van der Waals surface area (Å²) in [5.74, 6) is 1.08. The first-order chi connectivity index (χ1) is 11.7. The second-order valence-electron chi connectivity index (χ2n) is 6.14. The Hall–Kier alpha value is -1.76. The first-order valence-corrected chi connectivity index (χ1v) is 8.51. The molecule has 0 aliphatic carbocycles. The molecule has 1 N–H and O–H groups in total. The molecule has 0 saturated carbocycles. The highest BCUT2D eigenvalue weighted by Gasteiger charge is 2.21. The summed E-state index contributed by atoms with van der Waals surface area (Å²) in [6.45, 7) is 9.03. The van der Waals surface area contributed by atoms with Gasteiger partial charge >= 0.3 is 0 Å². The first-order valence-electron chi connectivity index (χ1n) is 8.51. The molecule has 144 valence electrons. The van der Waals surface area contributed by atoms with Crippen molar-refractivity contribution in [2.24, 2.45) is 0 Å². The largest absolute Gasteiger partial charge is 0.340 e. The minimum atomic E-state index is 0. The number of carbonyl (C=O) groups excluding carboxylic acids is 1. The van der Waals surface area contributed by atoms with Crippen molar-refractivity contribution in [2.75, 3.05) is 42.9 Å². The van der Waals surface area contributed by atoms with Crippen LogP contribution in [0.25, 0.3) is 0 Å². The zero-order valence-corrected chi connectivity index (χ0v) is 16.9. The van der Waals surface area contributed by atoms with Gasteiger partial charge in [0.25, 0.3) is 0 Å². The van der Waals surface area contributed by atoms with E-state index in [1.807, 2.05) is 43.6 Å². The number of nitrogens with zero attached hydrogens (tertiary/aromatic N) is 4. The molecule has 1 aromatic heterocycles. The maximum atomic E-state index is 12.3. The molecule has 1 saturated heterocycles. The summed E-state index contributed by atoms with van der Waals surface area (Å²) in [6.07, 6.45) is 3.86. The number of hydrogen-bond acceptors (Lipinski definition) is 4. The van der Waals surface area contributed by atoms with Gasteiger partial charge in [0.2, 0.25) is 11.9 Å². The number of nitrogens with one attached hydrogen (secondary N) is 1. The number of anilines is 2. The van der Waals surface area contributed by atoms with E-state index in [2.05, 4.69) is 31.6 Å².